The van der Waals surface area contributed by atoms with E-state index in [0.717, 1.165) is 32.6 Å². The van der Waals surface area contributed by atoms with Crippen molar-refractivity contribution in [3.63, 3.8) is 0 Å². The molecule has 4 nitrogen and oxygen atoms in total. The summed E-state index contributed by atoms with van der Waals surface area (Å²) in [5.41, 5.74) is 0.448. The summed E-state index contributed by atoms with van der Waals surface area (Å²) in [6, 6.07) is 3.65. The molecule has 90 valence electrons. The molecule has 1 aliphatic rings. The van der Waals surface area contributed by atoms with Crippen LogP contribution in [-0.2, 0) is 4.74 Å². The van der Waals surface area contributed by atoms with Crippen LogP contribution in [0, 0.1) is 17.2 Å². The van der Waals surface area contributed by atoms with Crippen LogP contribution in [0.15, 0.2) is 12.3 Å². The van der Waals surface area contributed by atoms with Gasteiger partial charge in [-0.05, 0) is 24.8 Å². The van der Waals surface area contributed by atoms with Crippen LogP contribution < -0.4 is 5.32 Å². The lowest BCUT2D eigenvalue weighted by Crippen LogP contribution is -2.24. The van der Waals surface area contributed by atoms with E-state index in [1.165, 1.54) is 0 Å². The molecule has 0 bridgehead atoms. The lowest BCUT2D eigenvalue weighted by atomic mass is 10.0. The highest BCUT2D eigenvalue weighted by molar-refractivity contribution is 6.34. The normalized spacial score (nSPS) is 19.6. The predicted octanol–water partition coefficient (Wildman–Crippen LogP) is 2.45. The topological polar surface area (TPSA) is 57.9 Å². The Morgan fingerprint density at radius 3 is 3.24 bits per heavy atom. The van der Waals surface area contributed by atoms with Gasteiger partial charge in [-0.1, -0.05) is 11.6 Å². The second-order valence-corrected chi connectivity index (χ2v) is 4.47. The molecule has 0 amide bonds. The first-order valence-corrected chi connectivity index (χ1v) is 6.05. The van der Waals surface area contributed by atoms with Gasteiger partial charge in [-0.3, -0.25) is 0 Å². The van der Waals surface area contributed by atoms with Crippen molar-refractivity contribution in [3.05, 3.63) is 22.8 Å². The third kappa shape index (κ3) is 3.09. The number of aromatic nitrogens is 1. The van der Waals surface area contributed by atoms with Gasteiger partial charge in [-0.25, -0.2) is 4.98 Å². The molecule has 1 aromatic heterocycles. The second kappa shape index (κ2) is 5.85. The quantitative estimate of drug-likeness (QED) is 0.897. The van der Waals surface area contributed by atoms with E-state index in [1.807, 2.05) is 6.07 Å². The molecular weight excluding hydrogens is 238 g/mol. The molecule has 0 saturated carbocycles. The third-order valence-corrected chi connectivity index (χ3v) is 3.21. The lowest BCUT2D eigenvalue weighted by Gasteiger charge is -2.22. The minimum absolute atomic E-state index is 0.395. The first-order chi connectivity index (χ1) is 8.31. The Kier molecular flexibility index (Phi) is 4.18. The van der Waals surface area contributed by atoms with Gasteiger partial charge in [0.25, 0.3) is 0 Å². The first kappa shape index (κ1) is 12.2. The molecule has 17 heavy (non-hydrogen) atoms. The maximum atomic E-state index is 8.85. The molecule has 1 saturated heterocycles. The molecule has 5 heteroatoms. The number of nitrogens with zero attached hydrogens (tertiary/aromatic N) is 2. The summed E-state index contributed by atoms with van der Waals surface area (Å²) >= 11 is 6.05. The molecule has 1 aromatic rings. The fourth-order valence-electron chi connectivity index (χ4n) is 1.86. The van der Waals surface area contributed by atoms with E-state index in [4.69, 9.17) is 21.6 Å². The standard InChI is InChI=1S/C12H14ClN3O/c13-11-10(6-14)3-4-15-12(11)16-7-9-2-1-5-17-8-9/h3-4,9H,1-2,5,7-8H2,(H,15,16). The van der Waals surface area contributed by atoms with E-state index >= 15 is 0 Å². The summed E-state index contributed by atoms with van der Waals surface area (Å²) in [5.74, 6) is 1.07. The van der Waals surface area contributed by atoms with Crippen molar-refractivity contribution in [2.45, 2.75) is 12.8 Å². The van der Waals surface area contributed by atoms with Crippen molar-refractivity contribution in [2.24, 2.45) is 5.92 Å². The van der Waals surface area contributed by atoms with Gasteiger partial charge in [0, 0.05) is 19.3 Å². The van der Waals surface area contributed by atoms with Crippen molar-refractivity contribution in [3.8, 4) is 6.07 Å². The highest BCUT2D eigenvalue weighted by Crippen LogP contribution is 2.23. The Hall–Kier alpha value is -1.31. The van der Waals surface area contributed by atoms with Gasteiger partial charge >= 0.3 is 0 Å². The number of anilines is 1. The Balaban J connectivity index is 1.96. The Morgan fingerprint density at radius 2 is 2.53 bits per heavy atom. The Labute approximate surface area is 106 Å². The van der Waals surface area contributed by atoms with Gasteiger partial charge in [0.2, 0.25) is 0 Å². The highest BCUT2D eigenvalue weighted by Gasteiger charge is 2.15. The van der Waals surface area contributed by atoms with Crippen LogP contribution in [0.3, 0.4) is 0 Å². The molecule has 1 fully saturated rings. The summed E-state index contributed by atoms with van der Waals surface area (Å²) in [7, 11) is 0. The summed E-state index contributed by atoms with van der Waals surface area (Å²) in [6.07, 6.45) is 3.85. The average molecular weight is 252 g/mol. The molecule has 1 unspecified atom stereocenters. The minimum atomic E-state index is 0.395. The molecule has 0 radical (unpaired) electrons. The second-order valence-electron chi connectivity index (χ2n) is 4.10. The van der Waals surface area contributed by atoms with E-state index in [-0.39, 0.29) is 0 Å². The van der Waals surface area contributed by atoms with E-state index < -0.39 is 0 Å². The van der Waals surface area contributed by atoms with Crippen molar-refractivity contribution in [1.29, 1.82) is 5.26 Å². The van der Waals surface area contributed by atoms with Gasteiger partial charge in [0.05, 0.1) is 12.2 Å². The number of halogens is 1. The van der Waals surface area contributed by atoms with Gasteiger partial charge < -0.3 is 10.1 Å². The van der Waals surface area contributed by atoms with E-state index in [0.29, 0.717) is 22.3 Å². The zero-order chi connectivity index (χ0) is 12.1. The SMILES string of the molecule is N#Cc1ccnc(NCC2CCCOC2)c1Cl. The number of nitriles is 1. The van der Waals surface area contributed by atoms with Crippen molar-refractivity contribution in [1.82, 2.24) is 4.98 Å². The molecule has 2 rings (SSSR count). The van der Waals surface area contributed by atoms with Crippen molar-refractivity contribution >= 4 is 17.4 Å². The summed E-state index contributed by atoms with van der Waals surface area (Å²) in [4.78, 5) is 4.14. The van der Waals surface area contributed by atoms with Crippen LogP contribution >= 0.6 is 11.6 Å². The summed E-state index contributed by atoms with van der Waals surface area (Å²) in [6.45, 7) is 2.42. The molecule has 2 heterocycles. The van der Waals surface area contributed by atoms with Crippen LogP contribution in [0.1, 0.15) is 18.4 Å². The zero-order valence-electron chi connectivity index (χ0n) is 9.45. The smallest absolute Gasteiger partial charge is 0.146 e. The number of pyridine rings is 1. The third-order valence-electron chi connectivity index (χ3n) is 2.82. The number of rotatable bonds is 3. The number of hydrogen-bond donors (Lipinski definition) is 1. The van der Waals surface area contributed by atoms with Gasteiger partial charge in [0.15, 0.2) is 0 Å². The average Bonchev–Trinajstić information content (AvgIpc) is 2.39. The van der Waals surface area contributed by atoms with E-state index in [2.05, 4.69) is 10.3 Å². The Bertz CT molecular complexity index is 424. The largest absolute Gasteiger partial charge is 0.381 e. The summed E-state index contributed by atoms with van der Waals surface area (Å²) < 4.78 is 5.40. The first-order valence-electron chi connectivity index (χ1n) is 5.67. The molecule has 0 aromatic carbocycles. The van der Waals surface area contributed by atoms with Crippen molar-refractivity contribution in [2.75, 3.05) is 25.1 Å². The fraction of sp³-hybridized carbons (Fsp3) is 0.500. The molecule has 1 atom stereocenters. The zero-order valence-corrected chi connectivity index (χ0v) is 10.2. The number of ether oxygens (including phenoxy) is 1. The van der Waals surface area contributed by atoms with Crippen molar-refractivity contribution < 1.29 is 4.74 Å². The van der Waals surface area contributed by atoms with Gasteiger partial charge in [0.1, 0.15) is 16.9 Å². The minimum Gasteiger partial charge on any atom is -0.381 e. The predicted molar refractivity (Wildman–Crippen MR) is 66.0 cm³/mol. The van der Waals surface area contributed by atoms with E-state index in [9.17, 15) is 0 Å². The summed E-state index contributed by atoms with van der Waals surface area (Å²) in [5, 5.41) is 12.4. The molecule has 1 aliphatic heterocycles. The molecular formula is C12H14ClN3O. The van der Waals surface area contributed by atoms with E-state index in [1.54, 1.807) is 12.3 Å². The maximum absolute atomic E-state index is 8.85. The highest BCUT2D eigenvalue weighted by atomic mass is 35.5. The molecule has 0 aliphatic carbocycles. The van der Waals surface area contributed by atoms with Crippen LogP contribution in [0.2, 0.25) is 5.02 Å². The van der Waals surface area contributed by atoms with Crippen LogP contribution in [0.25, 0.3) is 0 Å². The monoisotopic (exact) mass is 251 g/mol. The molecule has 0 spiro atoms. The van der Waals surface area contributed by atoms with Gasteiger partial charge in [-0.15, -0.1) is 0 Å². The van der Waals surface area contributed by atoms with Gasteiger partial charge in [-0.2, -0.15) is 5.26 Å². The van der Waals surface area contributed by atoms with Crippen LogP contribution in [0.4, 0.5) is 5.82 Å². The fourth-order valence-corrected chi connectivity index (χ4v) is 2.08. The van der Waals surface area contributed by atoms with Crippen LogP contribution in [0.5, 0.6) is 0 Å². The number of nitrogens with one attached hydrogen (secondary N) is 1. The molecule has 1 N–H and O–H groups in total. The lowest BCUT2D eigenvalue weighted by molar-refractivity contribution is 0.0595. The number of hydrogen-bond acceptors (Lipinski definition) is 4. The Morgan fingerprint density at radius 1 is 1.65 bits per heavy atom. The maximum Gasteiger partial charge on any atom is 0.146 e. The van der Waals surface area contributed by atoms with Crippen LogP contribution in [-0.4, -0.2) is 24.7 Å².